The van der Waals surface area contributed by atoms with E-state index in [0.29, 0.717) is 0 Å². The summed E-state index contributed by atoms with van der Waals surface area (Å²) in [5.41, 5.74) is 0. The molecule has 0 fully saturated rings. The van der Waals surface area contributed by atoms with Gasteiger partial charge in [-0.15, -0.1) is 0 Å². The predicted molar refractivity (Wildman–Crippen MR) is 55.1 cm³/mol. The molecule has 86 valence electrons. The van der Waals surface area contributed by atoms with Gasteiger partial charge in [0, 0.05) is 13.6 Å². The molecule has 6 nitrogen and oxygen atoms in total. The van der Waals surface area contributed by atoms with Crippen molar-refractivity contribution in [2.75, 3.05) is 6.54 Å². The molecule has 1 aromatic heterocycles. The van der Waals surface area contributed by atoms with E-state index in [1.807, 2.05) is 0 Å². The topological polar surface area (TPSA) is 84.2 Å². The Hall–Kier alpha value is -0.630. The molecule has 0 aliphatic heterocycles. The number of hydrogen-bond acceptors (Lipinski definition) is 4. The van der Waals surface area contributed by atoms with Crippen LogP contribution in [0.4, 0.5) is 0 Å². The number of nitrogens with zero attached hydrogens (tertiary/aromatic N) is 2. The minimum Gasteiger partial charge on any atom is -0.392 e. The number of aliphatic hydroxyl groups excluding tert-OH is 1. The average molecular weight is 254 g/mol. The SMILES string of the molecule is CC(O)CNS(=O)(=O)c1c(Cl)cnn1C. The zero-order valence-corrected chi connectivity index (χ0v) is 9.88. The molecule has 2 N–H and O–H groups in total. The van der Waals surface area contributed by atoms with Gasteiger partial charge in [-0.25, -0.2) is 13.1 Å². The van der Waals surface area contributed by atoms with E-state index in [1.165, 1.54) is 20.2 Å². The van der Waals surface area contributed by atoms with Crippen molar-refractivity contribution < 1.29 is 13.5 Å². The fraction of sp³-hybridized carbons (Fsp3) is 0.571. The molecule has 8 heteroatoms. The van der Waals surface area contributed by atoms with Crippen LogP contribution in [0.25, 0.3) is 0 Å². The first-order valence-electron chi connectivity index (χ1n) is 4.20. The zero-order valence-electron chi connectivity index (χ0n) is 8.31. The maximum Gasteiger partial charge on any atom is 0.259 e. The lowest BCUT2D eigenvalue weighted by atomic mass is 10.4. The van der Waals surface area contributed by atoms with Crippen LogP contribution < -0.4 is 4.72 Å². The number of rotatable bonds is 4. The van der Waals surface area contributed by atoms with Crippen molar-refractivity contribution in [3.63, 3.8) is 0 Å². The normalized spacial score (nSPS) is 14.1. The van der Waals surface area contributed by atoms with Gasteiger partial charge in [-0.1, -0.05) is 11.6 Å². The van der Waals surface area contributed by atoms with E-state index in [4.69, 9.17) is 16.7 Å². The summed E-state index contributed by atoms with van der Waals surface area (Å²) in [6.45, 7) is 1.41. The molecule has 0 spiro atoms. The first-order valence-corrected chi connectivity index (χ1v) is 6.06. The van der Waals surface area contributed by atoms with Crippen molar-refractivity contribution in [2.24, 2.45) is 7.05 Å². The molecule has 0 amide bonds. The third kappa shape index (κ3) is 2.91. The zero-order chi connectivity index (χ0) is 11.6. The molecule has 0 radical (unpaired) electrons. The molecule has 1 aromatic rings. The van der Waals surface area contributed by atoms with Crippen LogP contribution >= 0.6 is 11.6 Å². The average Bonchev–Trinajstić information content (AvgIpc) is 2.43. The summed E-state index contributed by atoms with van der Waals surface area (Å²) >= 11 is 5.68. The van der Waals surface area contributed by atoms with Crippen molar-refractivity contribution in [2.45, 2.75) is 18.1 Å². The first-order chi connectivity index (χ1) is 6.84. The maximum atomic E-state index is 11.7. The fourth-order valence-electron chi connectivity index (χ4n) is 1.00. The molecule has 1 unspecified atom stereocenters. The van der Waals surface area contributed by atoms with Crippen molar-refractivity contribution in [3.05, 3.63) is 11.2 Å². The Morgan fingerprint density at radius 3 is 2.73 bits per heavy atom. The fourth-order valence-corrected chi connectivity index (χ4v) is 2.77. The van der Waals surface area contributed by atoms with Gasteiger partial charge >= 0.3 is 0 Å². The molecular formula is C7H12ClN3O3S. The van der Waals surface area contributed by atoms with Gasteiger partial charge in [-0.05, 0) is 6.92 Å². The quantitative estimate of drug-likeness (QED) is 0.774. The highest BCUT2D eigenvalue weighted by molar-refractivity contribution is 7.89. The summed E-state index contributed by atoms with van der Waals surface area (Å²) in [6.07, 6.45) is 0.491. The number of nitrogens with one attached hydrogen (secondary N) is 1. The van der Waals surface area contributed by atoms with Gasteiger partial charge in [-0.2, -0.15) is 5.10 Å². The summed E-state index contributed by atoms with van der Waals surface area (Å²) in [5, 5.41) is 12.6. The second-order valence-corrected chi connectivity index (χ2v) is 5.21. The van der Waals surface area contributed by atoms with Gasteiger partial charge in [0.15, 0.2) is 5.03 Å². The summed E-state index contributed by atoms with van der Waals surface area (Å²) in [6, 6.07) is 0. The maximum absolute atomic E-state index is 11.7. The van der Waals surface area contributed by atoms with Crippen LogP contribution in [0.3, 0.4) is 0 Å². The molecule has 1 heterocycles. The largest absolute Gasteiger partial charge is 0.392 e. The highest BCUT2D eigenvalue weighted by atomic mass is 35.5. The van der Waals surface area contributed by atoms with Crippen LogP contribution in [0.2, 0.25) is 5.02 Å². The third-order valence-electron chi connectivity index (χ3n) is 1.67. The highest BCUT2D eigenvalue weighted by Crippen LogP contribution is 2.19. The van der Waals surface area contributed by atoms with Crippen LogP contribution in [0.15, 0.2) is 11.2 Å². The Kier molecular flexibility index (Phi) is 3.72. The molecule has 0 saturated carbocycles. The predicted octanol–water partition coefficient (Wildman–Crippen LogP) is -0.267. The van der Waals surface area contributed by atoms with Crippen LogP contribution in [0.5, 0.6) is 0 Å². The molecule has 1 rings (SSSR count). The number of sulfonamides is 1. The van der Waals surface area contributed by atoms with Crippen molar-refractivity contribution in [3.8, 4) is 0 Å². The second kappa shape index (κ2) is 4.48. The first kappa shape index (κ1) is 12.4. The summed E-state index contributed by atoms with van der Waals surface area (Å²) in [7, 11) is -2.24. The van der Waals surface area contributed by atoms with E-state index in [9.17, 15) is 8.42 Å². The molecule has 0 bridgehead atoms. The number of hydrogen-bond donors (Lipinski definition) is 2. The Bertz CT molecular complexity index is 421. The summed E-state index contributed by atoms with van der Waals surface area (Å²) in [5.74, 6) is 0. The second-order valence-electron chi connectivity index (χ2n) is 3.12. The lowest BCUT2D eigenvalue weighted by Crippen LogP contribution is -2.32. The molecular weight excluding hydrogens is 242 g/mol. The smallest absolute Gasteiger partial charge is 0.259 e. The Labute approximate surface area is 92.9 Å². The van der Waals surface area contributed by atoms with Gasteiger partial charge in [0.2, 0.25) is 0 Å². The molecule has 0 aliphatic carbocycles. The lowest BCUT2D eigenvalue weighted by molar-refractivity contribution is 0.198. The van der Waals surface area contributed by atoms with Crippen LogP contribution in [0, 0.1) is 0 Å². The molecule has 0 aliphatic rings. The molecule has 0 aromatic carbocycles. The molecule has 15 heavy (non-hydrogen) atoms. The van der Waals surface area contributed by atoms with E-state index < -0.39 is 16.1 Å². The van der Waals surface area contributed by atoms with Gasteiger partial charge in [0.25, 0.3) is 10.0 Å². The number of halogens is 1. The Morgan fingerprint density at radius 2 is 2.33 bits per heavy atom. The lowest BCUT2D eigenvalue weighted by Gasteiger charge is -2.08. The van der Waals surface area contributed by atoms with E-state index >= 15 is 0 Å². The highest BCUT2D eigenvalue weighted by Gasteiger charge is 2.22. The summed E-state index contributed by atoms with van der Waals surface area (Å²) < 4.78 is 26.7. The Balaban J connectivity index is 2.96. The minimum absolute atomic E-state index is 0.0515. The van der Waals surface area contributed by atoms with E-state index in [2.05, 4.69) is 9.82 Å². The number of aliphatic hydroxyl groups is 1. The van der Waals surface area contributed by atoms with E-state index in [0.717, 1.165) is 4.68 Å². The Morgan fingerprint density at radius 1 is 1.73 bits per heavy atom. The van der Waals surface area contributed by atoms with Gasteiger partial charge < -0.3 is 5.11 Å². The minimum atomic E-state index is -3.71. The van der Waals surface area contributed by atoms with Gasteiger partial charge in [0.05, 0.1) is 17.3 Å². The van der Waals surface area contributed by atoms with Gasteiger partial charge in [-0.3, -0.25) is 4.68 Å². The third-order valence-corrected chi connectivity index (χ3v) is 3.59. The van der Waals surface area contributed by atoms with Crippen LogP contribution in [-0.2, 0) is 17.1 Å². The van der Waals surface area contributed by atoms with Crippen LogP contribution in [0.1, 0.15) is 6.92 Å². The standard InChI is InChI=1S/C7H12ClN3O3S/c1-5(12)3-10-15(13,14)7-6(8)4-9-11(7)2/h4-5,10,12H,3H2,1-2H3. The van der Waals surface area contributed by atoms with Crippen molar-refractivity contribution >= 4 is 21.6 Å². The van der Waals surface area contributed by atoms with E-state index in [-0.39, 0.29) is 16.6 Å². The van der Waals surface area contributed by atoms with E-state index in [1.54, 1.807) is 0 Å². The van der Waals surface area contributed by atoms with Crippen molar-refractivity contribution in [1.82, 2.24) is 14.5 Å². The molecule has 0 saturated heterocycles. The van der Waals surface area contributed by atoms with Crippen LogP contribution in [-0.4, -0.2) is 36.0 Å². The monoisotopic (exact) mass is 253 g/mol. The number of aryl methyl sites for hydroxylation is 1. The summed E-state index contributed by atoms with van der Waals surface area (Å²) in [4.78, 5) is 0. The van der Waals surface area contributed by atoms with Crippen molar-refractivity contribution in [1.29, 1.82) is 0 Å². The number of aromatic nitrogens is 2. The molecule has 1 atom stereocenters. The van der Waals surface area contributed by atoms with Gasteiger partial charge in [0.1, 0.15) is 0 Å².